The van der Waals surface area contributed by atoms with Crippen molar-refractivity contribution in [3.63, 3.8) is 0 Å². The fraction of sp³-hybridized carbons (Fsp3) is 0.250. The van der Waals surface area contributed by atoms with Crippen LogP contribution < -0.4 is 0 Å². The molecule has 0 N–H and O–H groups in total. The summed E-state index contributed by atoms with van der Waals surface area (Å²) >= 11 is 3.64. The van der Waals surface area contributed by atoms with Crippen molar-refractivity contribution in [2.24, 2.45) is 9.98 Å². The molecule has 0 bridgehead atoms. The molecule has 2 aliphatic heterocycles. The van der Waals surface area contributed by atoms with Gasteiger partial charge in [-0.2, -0.15) is 0 Å². The second kappa shape index (κ2) is 3.96. The van der Waals surface area contributed by atoms with Crippen LogP contribution in [-0.4, -0.2) is 23.9 Å². The summed E-state index contributed by atoms with van der Waals surface area (Å²) in [5, 5.41) is 0. The average molecular weight is 196 g/mol. The van der Waals surface area contributed by atoms with E-state index in [-0.39, 0.29) is 0 Å². The summed E-state index contributed by atoms with van der Waals surface area (Å²) in [5.74, 6) is 1.96. The summed E-state index contributed by atoms with van der Waals surface area (Å²) in [5.41, 5.74) is 0. The first-order valence-corrected chi connectivity index (χ1v) is 5.63. The molecule has 0 fully saturated rings. The minimum atomic E-state index is 0.980. The quantitative estimate of drug-likeness (QED) is 0.643. The zero-order valence-electron chi connectivity index (χ0n) is 6.43. The van der Waals surface area contributed by atoms with Gasteiger partial charge >= 0.3 is 0 Å². The highest BCUT2D eigenvalue weighted by atomic mass is 32.2. The van der Waals surface area contributed by atoms with Gasteiger partial charge in [-0.25, -0.2) is 0 Å². The van der Waals surface area contributed by atoms with E-state index in [0.29, 0.717) is 0 Å². The number of nitrogens with zero attached hydrogens (tertiary/aromatic N) is 2. The van der Waals surface area contributed by atoms with Crippen LogP contribution in [0.25, 0.3) is 0 Å². The highest BCUT2D eigenvalue weighted by Crippen LogP contribution is 2.34. The molecule has 0 amide bonds. The van der Waals surface area contributed by atoms with Gasteiger partial charge in [-0.15, -0.1) is 23.5 Å². The molecule has 0 saturated heterocycles. The van der Waals surface area contributed by atoms with Gasteiger partial charge in [-0.05, 0) is 0 Å². The predicted molar refractivity (Wildman–Crippen MR) is 58.1 cm³/mol. The van der Waals surface area contributed by atoms with Gasteiger partial charge in [0, 0.05) is 46.1 Å². The molecule has 0 unspecified atom stereocenters. The Morgan fingerprint density at radius 3 is 1.75 bits per heavy atom. The third kappa shape index (κ3) is 1.81. The third-order valence-electron chi connectivity index (χ3n) is 1.46. The molecule has 2 heterocycles. The second-order valence-corrected chi connectivity index (χ2v) is 4.40. The Bertz CT molecular complexity index is 259. The zero-order valence-corrected chi connectivity index (χ0v) is 8.07. The summed E-state index contributed by atoms with van der Waals surface area (Å²) in [6.07, 6.45) is 7.67. The zero-order chi connectivity index (χ0) is 8.23. The first-order valence-electron chi connectivity index (χ1n) is 3.66. The first-order chi connectivity index (χ1) is 5.97. The van der Waals surface area contributed by atoms with Gasteiger partial charge in [0.2, 0.25) is 0 Å². The summed E-state index contributed by atoms with van der Waals surface area (Å²) in [6, 6.07) is 0. The van der Waals surface area contributed by atoms with Gasteiger partial charge in [0.15, 0.2) is 0 Å². The molecule has 62 valence electrons. The van der Waals surface area contributed by atoms with Crippen LogP contribution in [0.1, 0.15) is 0 Å². The predicted octanol–water partition coefficient (Wildman–Crippen LogP) is 2.30. The van der Waals surface area contributed by atoms with E-state index in [9.17, 15) is 0 Å². The lowest BCUT2D eigenvalue weighted by atomic mass is 10.5. The van der Waals surface area contributed by atoms with Crippen LogP contribution in [0.3, 0.4) is 0 Å². The number of hydrogen-bond donors (Lipinski definition) is 0. The van der Waals surface area contributed by atoms with Crippen molar-refractivity contribution < 1.29 is 0 Å². The van der Waals surface area contributed by atoms with Crippen molar-refractivity contribution in [3.05, 3.63) is 22.2 Å². The van der Waals surface area contributed by atoms with Gasteiger partial charge in [0.05, 0.1) is 0 Å². The van der Waals surface area contributed by atoms with Crippen molar-refractivity contribution in [1.29, 1.82) is 0 Å². The summed E-state index contributed by atoms with van der Waals surface area (Å²) in [6.45, 7) is 0. The molecule has 0 atom stereocenters. The topological polar surface area (TPSA) is 24.7 Å². The van der Waals surface area contributed by atoms with E-state index < -0.39 is 0 Å². The van der Waals surface area contributed by atoms with Gasteiger partial charge in [-0.1, -0.05) is 0 Å². The summed E-state index contributed by atoms with van der Waals surface area (Å²) < 4.78 is 0. The van der Waals surface area contributed by atoms with E-state index in [1.807, 2.05) is 48.4 Å². The molecule has 0 radical (unpaired) electrons. The lowest BCUT2D eigenvalue weighted by Gasteiger charge is -2.11. The molecule has 0 aromatic rings. The molecular weight excluding hydrogens is 188 g/mol. The maximum atomic E-state index is 4.12. The van der Waals surface area contributed by atoms with Crippen molar-refractivity contribution in [2.75, 3.05) is 11.5 Å². The molecular formula is C8H8N2S2. The number of aliphatic imine (C=N–C) groups is 2. The highest BCUT2D eigenvalue weighted by molar-refractivity contribution is 8.08. The van der Waals surface area contributed by atoms with Crippen molar-refractivity contribution in [3.8, 4) is 0 Å². The van der Waals surface area contributed by atoms with Crippen LogP contribution in [0.2, 0.25) is 0 Å². The highest BCUT2D eigenvalue weighted by Gasteiger charge is 2.09. The number of rotatable bonds is 1. The SMILES string of the molecule is C1=NC=C(C2=CN=CCS2)SC1. The maximum absolute atomic E-state index is 4.12. The Labute approximate surface area is 79.9 Å². The van der Waals surface area contributed by atoms with E-state index in [4.69, 9.17) is 0 Å². The third-order valence-corrected chi connectivity index (χ3v) is 3.50. The van der Waals surface area contributed by atoms with Crippen molar-refractivity contribution in [1.82, 2.24) is 0 Å². The Morgan fingerprint density at radius 2 is 1.42 bits per heavy atom. The fourth-order valence-electron chi connectivity index (χ4n) is 0.925. The Kier molecular flexibility index (Phi) is 2.68. The molecule has 0 aromatic carbocycles. The molecule has 0 spiro atoms. The number of thioether (sulfide) groups is 2. The fourth-order valence-corrected chi connectivity index (χ4v) is 2.62. The van der Waals surface area contributed by atoms with E-state index in [2.05, 4.69) is 9.98 Å². The van der Waals surface area contributed by atoms with Gasteiger partial charge in [-0.3, -0.25) is 9.98 Å². The van der Waals surface area contributed by atoms with Crippen LogP contribution >= 0.6 is 23.5 Å². The monoisotopic (exact) mass is 196 g/mol. The summed E-state index contributed by atoms with van der Waals surface area (Å²) in [4.78, 5) is 10.7. The Morgan fingerprint density at radius 1 is 0.917 bits per heavy atom. The van der Waals surface area contributed by atoms with E-state index in [1.54, 1.807) is 0 Å². The minimum Gasteiger partial charge on any atom is -0.267 e. The van der Waals surface area contributed by atoms with Gasteiger partial charge < -0.3 is 0 Å². The average Bonchev–Trinajstić information content (AvgIpc) is 2.21. The normalized spacial score (nSPS) is 22.0. The van der Waals surface area contributed by atoms with Crippen molar-refractivity contribution in [2.45, 2.75) is 0 Å². The van der Waals surface area contributed by atoms with Crippen LogP contribution in [-0.2, 0) is 0 Å². The lowest BCUT2D eigenvalue weighted by molar-refractivity contribution is 1.49. The van der Waals surface area contributed by atoms with Crippen LogP contribution in [0.15, 0.2) is 32.2 Å². The molecule has 0 saturated carbocycles. The first kappa shape index (κ1) is 8.13. The van der Waals surface area contributed by atoms with Crippen LogP contribution in [0, 0.1) is 0 Å². The summed E-state index contributed by atoms with van der Waals surface area (Å²) in [7, 11) is 0. The van der Waals surface area contributed by atoms with Gasteiger partial charge in [0.1, 0.15) is 0 Å². The molecule has 2 rings (SSSR count). The second-order valence-electron chi connectivity index (χ2n) is 2.27. The number of hydrogen-bond acceptors (Lipinski definition) is 4. The molecule has 4 heteroatoms. The molecule has 2 nitrogen and oxygen atoms in total. The standard InChI is InChI=1S/C8H8N2S2/c1-3-11-7(5-9-1)8-6-10-2-4-12-8/h1-2,5-6H,3-4H2. The largest absolute Gasteiger partial charge is 0.267 e. The Hall–Kier alpha value is -0.480. The van der Waals surface area contributed by atoms with E-state index in [0.717, 1.165) is 11.5 Å². The lowest BCUT2D eigenvalue weighted by Crippen LogP contribution is -1.94. The van der Waals surface area contributed by atoms with Crippen molar-refractivity contribution >= 4 is 36.0 Å². The smallest absolute Gasteiger partial charge is 0.0412 e. The maximum Gasteiger partial charge on any atom is 0.0412 e. The van der Waals surface area contributed by atoms with Gasteiger partial charge in [0.25, 0.3) is 0 Å². The van der Waals surface area contributed by atoms with Crippen LogP contribution in [0.4, 0.5) is 0 Å². The van der Waals surface area contributed by atoms with Crippen LogP contribution in [0.5, 0.6) is 0 Å². The molecule has 0 aromatic heterocycles. The molecule has 0 aliphatic carbocycles. The minimum absolute atomic E-state index is 0.980. The van der Waals surface area contributed by atoms with E-state index in [1.165, 1.54) is 9.81 Å². The molecule has 2 aliphatic rings. The van der Waals surface area contributed by atoms with E-state index >= 15 is 0 Å². The molecule has 12 heavy (non-hydrogen) atoms. The Balaban J connectivity index is 2.17.